The largest absolute Gasteiger partial charge is 0.442 e. The first-order chi connectivity index (χ1) is 10.9. The van der Waals surface area contributed by atoms with E-state index in [0.29, 0.717) is 0 Å². The third-order valence-corrected chi connectivity index (χ3v) is 4.63. The van der Waals surface area contributed by atoms with E-state index in [1.807, 2.05) is 0 Å². The maximum absolute atomic E-state index is 6.38. The molecule has 0 N–H and O–H groups in total. The number of hydrogen-bond donors (Lipinski definition) is 0. The molecule has 0 amide bonds. The first kappa shape index (κ1) is 20.0. The molecule has 0 aliphatic heterocycles. The number of furan rings is 1. The molecule has 0 atom stereocenters. The van der Waals surface area contributed by atoms with E-state index in [1.165, 1.54) is 16.5 Å². The number of rotatable bonds is 0. The van der Waals surface area contributed by atoms with E-state index in [0.717, 1.165) is 17.2 Å². The molecule has 140 valence electrons. The number of nitrogens with zero attached hydrogens (tertiary/aromatic N) is 1. The van der Waals surface area contributed by atoms with E-state index < -0.39 is 0 Å². The average Bonchev–Trinajstić information content (AvgIpc) is 2.72. The highest BCUT2D eigenvalue weighted by atomic mass is 16.3. The van der Waals surface area contributed by atoms with Gasteiger partial charge in [0.2, 0.25) is 5.71 Å². The highest BCUT2D eigenvalue weighted by Crippen LogP contribution is 2.43. The van der Waals surface area contributed by atoms with Crippen LogP contribution in [0.15, 0.2) is 10.5 Å². The summed E-state index contributed by atoms with van der Waals surface area (Å²) in [5, 5.41) is 1.18. The summed E-state index contributed by atoms with van der Waals surface area (Å²) in [5.41, 5.74) is 4.52. The Morgan fingerprint density at radius 1 is 0.680 bits per heavy atom. The third-order valence-electron chi connectivity index (χ3n) is 4.63. The van der Waals surface area contributed by atoms with Gasteiger partial charge in [0.15, 0.2) is 0 Å². The molecule has 0 bridgehead atoms. The summed E-state index contributed by atoms with van der Waals surface area (Å²) in [4.78, 5) is 5.05. The monoisotopic (exact) mass is 343 g/mol. The topological polar surface area (TPSA) is 26.0 Å². The minimum Gasteiger partial charge on any atom is -0.442 e. The molecule has 0 saturated heterocycles. The molecule has 2 rings (SSSR count). The molecule has 0 radical (unpaired) electrons. The highest BCUT2D eigenvalue weighted by Gasteiger charge is 2.35. The van der Waals surface area contributed by atoms with Crippen molar-refractivity contribution < 1.29 is 4.42 Å². The maximum Gasteiger partial charge on any atom is 0.226 e. The molecule has 2 aromatic heterocycles. The SMILES string of the molecule is CC(C)(C)c1cc2c(C(C)(C)C)c(C(C)(C)C)oc2nc1C(C)(C)C. The number of hydrogen-bond acceptors (Lipinski definition) is 2. The van der Waals surface area contributed by atoms with Crippen LogP contribution in [-0.2, 0) is 21.7 Å². The fourth-order valence-corrected chi connectivity index (χ4v) is 3.44. The van der Waals surface area contributed by atoms with Crippen LogP contribution in [0.4, 0.5) is 0 Å². The summed E-state index contributed by atoms with van der Waals surface area (Å²) in [6.07, 6.45) is 0. The van der Waals surface area contributed by atoms with Gasteiger partial charge in [0.25, 0.3) is 0 Å². The predicted octanol–water partition coefficient (Wildman–Crippen LogP) is 7.02. The van der Waals surface area contributed by atoms with Crippen molar-refractivity contribution in [2.45, 2.75) is 105 Å². The normalized spacial score (nSPS) is 14.4. The molecule has 0 fully saturated rings. The van der Waals surface area contributed by atoms with E-state index in [4.69, 9.17) is 9.40 Å². The van der Waals surface area contributed by atoms with Crippen molar-refractivity contribution >= 4 is 11.1 Å². The number of fused-ring (bicyclic) bond motifs is 1. The molecular formula is C23H37NO. The van der Waals surface area contributed by atoms with Crippen molar-refractivity contribution in [1.29, 1.82) is 0 Å². The Bertz CT molecular complexity index is 769. The first-order valence-electron chi connectivity index (χ1n) is 9.43. The lowest BCUT2D eigenvalue weighted by molar-refractivity contribution is 0.404. The van der Waals surface area contributed by atoms with Crippen LogP contribution in [0.5, 0.6) is 0 Å². The van der Waals surface area contributed by atoms with Crippen molar-refractivity contribution in [3.8, 4) is 0 Å². The van der Waals surface area contributed by atoms with Gasteiger partial charge in [-0.15, -0.1) is 0 Å². The Morgan fingerprint density at radius 2 is 1.20 bits per heavy atom. The molecule has 0 aromatic carbocycles. The fraction of sp³-hybridized carbons (Fsp3) is 0.696. The predicted molar refractivity (Wildman–Crippen MR) is 109 cm³/mol. The van der Waals surface area contributed by atoms with Crippen LogP contribution in [0.3, 0.4) is 0 Å². The summed E-state index contributed by atoms with van der Waals surface area (Å²) < 4.78 is 6.38. The van der Waals surface area contributed by atoms with Gasteiger partial charge in [-0.3, -0.25) is 0 Å². The van der Waals surface area contributed by atoms with E-state index in [-0.39, 0.29) is 21.7 Å². The first-order valence-corrected chi connectivity index (χ1v) is 9.43. The smallest absolute Gasteiger partial charge is 0.226 e. The molecule has 2 heterocycles. The van der Waals surface area contributed by atoms with Gasteiger partial charge in [0, 0.05) is 21.8 Å². The molecule has 2 aromatic rings. The van der Waals surface area contributed by atoms with Crippen LogP contribution >= 0.6 is 0 Å². The van der Waals surface area contributed by atoms with Crippen molar-refractivity contribution in [2.75, 3.05) is 0 Å². The minimum atomic E-state index is -0.0485. The zero-order valence-electron chi connectivity index (χ0n) is 18.4. The van der Waals surface area contributed by atoms with Gasteiger partial charge in [-0.2, -0.15) is 0 Å². The Morgan fingerprint density at radius 3 is 1.56 bits per heavy atom. The highest BCUT2D eigenvalue weighted by molar-refractivity contribution is 5.82. The Kier molecular flexibility index (Phi) is 4.48. The zero-order valence-corrected chi connectivity index (χ0v) is 18.4. The van der Waals surface area contributed by atoms with Gasteiger partial charge in [-0.25, -0.2) is 4.98 Å². The van der Waals surface area contributed by atoms with Gasteiger partial charge < -0.3 is 4.42 Å². The molecule has 25 heavy (non-hydrogen) atoms. The van der Waals surface area contributed by atoms with Gasteiger partial charge >= 0.3 is 0 Å². The van der Waals surface area contributed by atoms with E-state index in [9.17, 15) is 0 Å². The second kappa shape index (κ2) is 5.59. The van der Waals surface area contributed by atoms with Crippen LogP contribution in [-0.4, -0.2) is 4.98 Å². The average molecular weight is 344 g/mol. The second-order valence-corrected chi connectivity index (χ2v) is 11.5. The summed E-state index contributed by atoms with van der Waals surface area (Å²) >= 11 is 0. The van der Waals surface area contributed by atoms with Crippen LogP contribution in [0, 0.1) is 0 Å². The van der Waals surface area contributed by atoms with Crippen LogP contribution in [0.1, 0.15) is 106 Å². The molecule has 0 saturated carbocycles. The minimum absolute atomic E-state index is 0.00788. The molecule has 0 spiro atoms. The summed E-state index contributed by atoms with van der Waals surface area (Å²) in [5.74, 6) is 1.06. The van der Waals surface area contributed by atoms with Crippen LogP contribution in [0.2, 0.25) is 0 Å². The molecule has 0 unspecified atom stereocenters. The summed E-state index contributed by atoms with van der Waals surface area (Å²) in [6.45, 7) is 27.0. The molecule has 2 heteroatoms. The molecular weight excluding hydrogens is 306 g/mol. The van der Waals surface area contributed by atoms with Gasteiger partial charge in [-0.05, 0) is 22.5 Å². The molecule has 2 nitrogen and oxygen atoms in total. The lowest BCUT2D eigenvalue weighted by Gasteiger charge is -2.29. The van der Waals surface area contributed by atoms with Gasteiger partial charge in [0.1, 0.15) is 5.76 Å². The maximum atomic E-state index is 6.38. The lowest BCUT2D eigenvalue weighted by Crippen LogP contribution is -2.24. The van der Waals surface area contributed by atoms with Crippen LogP contribution in [0.25, 0.3) is 11.1 Å². The lowest BCUT2D eigenvalue weighted by atomic mass is 9.76. The van der Waals surface area contributed by atoms with Crippen LogP contribution < -0.4 is 0 Å². The summed E-state index contributed by atoms with van der Waals surface area (Å²) in [7, 11) is 0. The second-order valence-electron chi connectivity index (χ2n) is 11.5. The molecule has 0 aliphatic carbocycles. The third kappa shape index (κ3) is 3.78. The van der Waals surface area contributed by atoms with Crippen molar-refractivity contribution in [3.05, 3.63) is 28.6 Å². The fourth-order valence-electron chi connectivity index (χ4n) is 3.44. The Hall–Kier alpha value is -1.31. The van der Waals surface area contributed by atoms with E-state index >= 15 is 0 Å². The Balaban J connectivity index is 3.01. The van der Waals surface area contributed by atoms with Gasteiger partial charge in [0.05, 0.1) is 5.69 Å². The zero-order chi connectivity index (χ0) is 19.6. The standard InChI is InChI=1S/C23H37NO/c1-20(2,3)15-13-14-16(21(4,5)6)18(23(10,11)12)25-19(14)24-17(15)22(7,8)9/h13H,1-12H3. The quantitative estimate of drug-likeness (QED) is 0.514. The molecule has 0 aliphatic rings. The van der Waals surface area contributed by atoms with E-state index in [1.54, 1.807) is 0 Å². The summed E-state index contributed by atoms with van der Waals surface area (Å²) in [6, 6.07) is 2.35. The van der Waals surface area contributed by atoms with E-state index in [2.05, 4.69) is 89.2 Å². The Labute approximate surface area is 154 Å². The van der Waals surface area contributed by atoms with Crippen molar-refractivity contribution in [1.82, 2.24) is 4.98 Å². The van der Waals surface area contributed by atoms with Crippen molar-refractivity contribution in [3.63, 3.8) is 0 Å². The van der Waals surface area contributed by atoms with Crippen molar-refractivity contribution in [2.24, 2.45) is 0 Å². The number of aromatic nitrogens is 1. The number of pyridine rings is 1. The van der Waals surface area contributed by atoms with Gasteiger partial charge in [-0.1, -0.05) is 83.1 Å².